The highest BCUT2D eigenvalue weighted by Crippen LogP contribution is 2.34. The molecule has 1 aromatic heterocycles. The molecule has 0 fully saturated rings. The van der Waals surface area contributed by atoms with Gasteiger partial charge in [-0.15, -0.1) is 11.3 Å². The molecule has 1 heterocycles. The van der Waals surface area contributed by atoms with E-state index in [0.717, 1.165) is 12.8 Å². The number of hydrogen-bond donors (Lipinski definition) is 1. The van der Waals surface area contributed by atoms with Gasteiger partial charge in [0.25, 0.3) is 0 Å². The quantitative estimate of drug-likeness (QED) is 0.838. The summed E-state index contributed by atoms with van der Waals surface area (Å²) in [5.74, 6) is 0. The predicted octanol–water partition coefficient (Wildman–Crippen LogP) is 3.26. The van der Waals surface area contributed by atoms with Crippen LogP contribution >= 0.6 is 11.3 Å². The fourth-order valence-corrected chi connectivity index (χ4v) is 2.78. The van der Waals surface area contributed by atoms with Crippen molar-refractivity contribution in [2.75, 3.05) is 7.11 Å². The van der Waals surface area contributed by atoms with Crippen molar-refractivity contribution < 1.29 is 4.74 Å². The molecule has 0 saturated carbocycles. The first-order valence-corrected chi connectivity index (χ1v) is 6.33. The van der Waals surface area contributed by atoms with Crippen LogP contribution in [0.3, 0.4) is 0 Å². The summed E-state index contributed by atoms with van der Waals surface area (Å²) in [5.41, 5.74) is 7.28. The Bertz CT molecular complexity index is 296. The second kappa shape index (κ2) is 5.10. The van der Waals surface area contributed by atoms with Gasteiger partial charge in [0.2, 0.25) is 0 Å². The number of ether oxygens (including phenoxy) is 1. The van der Waals surface area contributed by atoms with E-state index in [2.05, 4.69) is 32.2 Å². The third-order valence-corrected chi connectivity index (χ3v) is 4.16. The van der Waals surface area contributed by atoms with Crippen molar-refractivity contribution in [1.29, 1.82) is 0 Å². The maximum Gasteiger partial charge on any atom is 0.0865 e. The minimum absolute atomic E-state index is 0.0255. The lowest BCUT2D eigenvalue weighted by atomic mass is 9.85. The molecular weight excluding hydrogens is 206 g/mol. The van der Waals surface area contributed by atoms with Crippen LogP contribution in [0, 0.1) is 6.92 Å². The molecule has 0 bridgehead atoms. The van der Waals surface area contributed by atoms with Gasteiger partial charge in [0.05, 0.1) is 11.6 Å². The van der Waals surface area contributed by atoms with E-state index in [0.29, 0.717) is 0 Å². The Kier molecular flexibility index (Phi) is 4.32. The second-order valence-electron chi connectivity index (χ2n) is 3.94. The molecule has 1 rings (SSSR count). The van der Waals surface area contributed by atoms with Gasteiger partial charge < -0.3 is 10.5 Å². The highest BCUT2D eigenvalue weighted by molar-refractivity contribution is 7.10. The maximum absolute atomic E-state index is 6.30. The molecule has 0 aliphatic heterocycles. The minimum atomic E-state index is -0.215. The Morgan fingerprint density at radius 3 is 2.40 bits per heavy atom. The van der Waals surface area contributed by atoms with E-state index in [1.165, 1.54) is 10.4 Å². The first-order valence-electron chi connectivity index (χ1n) is 5.45. The summed E-state index contributed by atoms with van der Waals surface area (Å²) in [7, 11) is 1.76. The van der Waals surface area contributed by atoms with Gasteiger partial charge in [-0.05, 0) is 36.8 Å². The molecule has 1 atom stereocenters. The minimum Gasteiger partial charge on any atom is -0.376 e. The molecule has 0 aliphatic rings. The van der Waals surface area contributed by atoms with E-state index in [4.69, 9.17) is 10.5 Å². The molecule has 0 spiro atoms. The average molecular weight is 227 g/mol. The Morgan fingerprint density at radius 1 is 1.47 bits per heavy atom. The van der Waals surface area contributed by atoms with Crippen molar-refractivity contribution in [3.05, 3.63) is 21.9 Å². The molecule has 15 heavy (non-hydrogen) atoms. The number of hydrogen-bond acceptors (Lipinski definition) is 3. The molecule has 0 aliphatic carbocycles. The summed E-state index contributed by atoms with van der Waals surface area (Å²) < 4.78 is 5.64. The van der Waals surface area contributed by atoms with Gasteiger partial charge in [-0.3, -0.25) is 0 Å². The molecule has 0 radical (unpaired) electrons. The van der Waals surface area contributed by atoms with E-state index >= 15 is 0 Å². The third kappa shape index (κ3) is 2.41. The smallest absolute Gasteiger partial charge is 0.0865 e. The van der Waals surface area contributed by atoms with Crippen LogP contribution in [0.5, 0.6) is 0 Å². The van der Waals surface area contributed by atoms with Gasteiger partial charge in [-0.25, -0.2) is 0 Å². The summed E-state index contributed by atoms with van der Waals surface area (Å²) in [6.45, 7) is 6.37. The Balaban J connectivity index is 2.94. The standard InChI is InChI=1S/C12H21NOS/c1-5-12(6-2,14-4)11(13)10-7-9(3)15-8-10/h7-8,11H,5-6,13H2,1-4H3. The predicted molar refractivity (Wildman–Crippen MR) is 66.3 cm³/mol. The summed E-state index contributed by atoms with van der Waals surface area (Å²) in [6, 6.07) is 2.14. The summed E-state index contributed by atoms with van der Waals surface area (Å²) >= 11 is 1.74. The second-order valence-corrected chi connectivity index (χ2v) is 5.06. The first-order chi connectivity index (χ1) is 7.09. The monoisotopic (exact) mass is 227 g/mol. The summed E-state index contributed by atoms with van der Waals surface area (Å²) in [6.07, 6.45) is 1.88. The number of methoxy groups -OCH3 is 1. The average Bonchev–Trinajstić information content (AvgIpc) is 2.68. The molecule has 0 saturated heterocycles. The van der Waals surface area contributed by atoms with Crippen LogP contribution in [0.25, 0.3) is 0 Å². The van der Waals surface area contributed by atoms with Gasteiger partial charge >= 0.3 is 0 Å². The maximum atomic E-state index is 6.30. The van der Waals surface area contributed by atoms with Crippen LogP contribution in [-0.4, -0.2) is 12.7 Å². The largest absolute Gasteiger partial charge is 0.376 e. The van der Waals surface area contributed by atoms with Crippen LogP contribution in [0.1, 0.15) is 43.2 Å². The normalized spacial score (nSPS) is 14.2. The Hall–Kier alpha value is -0.380. The zero-order valence-corrected chi connectivity index (χ0v) is 10.9. The van der Waals surface area contributed by atoms with Crippen LogP contribution < -0.4 is 5.73 Å². The molecule has 3 heteroatoms. The molecule has 1 unspecified atom stereocenters. The first kappa shape index (κ1) is 12.7. The van der Waals surface area contributed by atoms with Crippen LogP contribution in [-0.2, 0) is 4.74 Å². The lowest BCUT2D eigenvalue weighted by molar-refractivity contribution is -0.0384. The van der Waals surface area contributed by atoms with E-state index in [-0.39, 0.29) is 11.6 Å². The van der Waals surface area contributed by atoms with Crippen LogP contribution in [0.4, 0.5) is 0 Å². The summed E-state index contributed by atoms with van der Waals surface area (Å²) in [4.78, 5) is 1.30. The van der Waals surface area contributed by atoms with E-state index in [1.54, 1.807) is 18.4 Å². The van der Waals surface area contributed by atoms with E-state index in [1.807, 2.05) is 0 Å². The van der Waals surface area contributed by atoms with Crippen molar-refractivity contribution in [2.24, 2.45) is 5.73 Å². The van der Waals surface area contributed by atoms with Crippen molar-refractivity contribution in [3.8, 4) is 0 Å². The Morgan fingerprint density at radius 2 is 2.07 bits per heavy atom. The van der Waals surface area contributed by atoms with Crippen molar-refractivity contribution in [2.45, 2.75) is 45.3 Å². The fraction of sp³-hybridized carbons (Fsp3) is 0.667. The van der Waals surface area contributed by atoms with Crippen LogP contribution in [0.2, 0.25) is 0 Å². The van der Waals surface area contributed by atoms with Gasteiger partial charge in [0, 0.05) is 12.0 Å². The number of thiophene rings is 1. The van der Waals surface area contributed by atoms with Crippen molar-refractivity contribution in [1.82, 2.24) is 0 Å². The molecule has 86 valence electrons. The fourth-order valence-electron chi connectivity index (χ4n) is 2.04. The van der Waals surface area contributed by atoms with E-state index < -0.39 is 0 Å². The molecule has 2 N–H and O–H groups in total. The number of nitrogens with two attached hydrogens (primary N) is 1. The topological polar surface area (TPSA) is 35.2 Å². The van der Waals surface area contributed by atoms with Gasteiger partial charge in [-0.2, -0.15) is 0 Å². The SMILES string of the molecule is CCC(CC)(OC)C(N)c1csc(C)c1. The molecule has 0 amide bonds. The van der Waals surface area contributed by atoms with Gasteiger partial charge in [0.15, 0.2) is 0 Å². The zero-order valence-electron chi connectivity index (χ0n) is 10.0. The molecule has 2 nitrogen and oxygen atoms in total. The van der Waals surface area contributed by atoms with Crippen molar-refractivity contribution >= 4 is 11.3 Å². The molecule has 0 aromatic carbocycles. The van der Waals surface area contributed by atoms with Crippen LogP contribution in [0.15, 0.2) is 11.4 Å². The highest BCUT2D eigenvalue weighted by Gasteiger charge is 2.34. The highest BCUT2D eigenvalue weighted by atomic mass is 32.1. The van der Waals surface area contributed by atoms with Crippen molar-refractivity contribution in [3.63, 3.8) is 0 Å². The molecular formula is C12H21NOS. The zero-order chi connectivity index (χ0) is 11.5. The number of rotatable bonds is 5. The summed E-state index contributed by atoms with van der Waals surface area (Å²) in [5, 5.41) is 2.14. The third-order valence-electron chi connectivity index (χ3n) is 3.28. The van der Waals surface area contributed by atoms with E-state index in [9.17, 15) is 0 Å². The Labute approximate surface area is 96.4 Å². The van der Waals surface area contributed by atoms with Gasteiger partial charge in [0.1, 0.15) is 0 Å². The lowest BCUT2D eigenvalue weighted by Crippen LogP contribution is -2.41. The van der Waals surface area contributed by atoms with Gasteiger partial charge in [-0.1, -0.05) is 13.8 Å². The molecule has 1 aromatic rings. The number of aryl methyl sites for hydroxylation is 1. The lowest BCUT2D eigenvalue weighted by Gasteiger charge is -2.35.